The van der Waals surface area contributed by atoms with E-state index in [9.17, 15) is 0 Å². The van der Waals surface area contributed by atoms with Crippen molar-refractivity contribution in [2.45, 2.75) is 26.8 Å². The molecule has 0 spiro atoms. The lowest BCUT2D eigenvalue weighted by Gasteiger charge is -2.37. The molecule has 0 saturated carbocycles. The molecule has 0 aliphatic carbocycles. The Bertz CT molecular complexity index is 358. The minimum absolute atomic E-state index is 0.559. The van der Waals surface area contributed by atoms with E-state index in [1.165, 1.54) is 16.9 Å². The van der Waals surface area contributed by atoms with E-state index in [-0.39, 0.29) is 0 Å². The number of likely N-dealkylation sites (N-methyl/N-ethyl adjacent to an activating group) is 1. The summed E-state index contributed by atoms with van der Waals surface area (Å²) in [6.07, 6.45) is 0. The fourth-order valence-corrected chi connectivity index (χ4v) is 2.16. The molecular formula is C13H20N2. The van der Waals surface area contributed by atoms with Gasteiger partial charge in [0.15, 0.2) is 0 Å². The van der Waals surface area contributed by atoms with Crippen molar-refractivity contribution in [3.05, 3.63) is 23.8 Å². The van der Waals surface area contributed by atoms with Crippen molar-refractivity contribution in [3.8, 4) is 0 Å². The molecule has 2 nitrogen and oxygen atoms in total. The molecule has 1 aromatic carbocycles. The van der Waals surface area contributed by atoms with Crippen molar-refractivity contribution in [2.75, 3.05) is 23.8 Å². The molecule has 1 aromatic rings. The molecule has 1 atom stereocenters. The molecule has 1 aliphatic heterocycles. The maximum atomic E-state index is 3.65. The molecule has 1 unspecified atom stereocenters. The predicted octanol–water partition coefficient (Wildman–Crippen LogP) is 2.88. The van der Waals surface area contributed by atoms with Crippen LogP contribution in [0.25, 0.3) is 0 Å². The number of aryl methyl sites for hydroxylation is 1. The number of para-hydroxylation sites is 1. The fourth-order valence-electron chi connectivity index (χ4n) is 2.16. The summed E-state index contributed by atoms with van der Waals surface area (Å²) in [5.41, 5.74) is 3.97. The summed E-state index contributed by atoms with van der Waals surface area (Å²) in [5, 5.41) is 3.65. The molecule has 1 heterocycles. The van der Waals surface area contributed by atoms with Gasteiger partial charge in [0.2, 0.25) is 0 Å². The lowest BCUT2D eigenvalue weighted by Crippen LogP contribution is -2.42. The van der Waals surface area contributed by atoms with Crippen LogP contribution in [0.2, 0.25) is 0 Å². The van der Waals surface area contributed by atoms with Crippen LogP contribution >= 0.6 is 0 Å². The third-order valence-corrected chi connectivity index (χ3v) is 3.27. The highest BCUT2D eigenvalue weighted by molar-refractivity contribution is 5.75. The fraction of sp³-hybridized carbons (Fsp3) is 0.538. The molecule has 15 heavy (non-hydrogen) atoms. The summed E-state index contributed by atoms with van der Waals surface area (Å²) in [6, 6.07) is 7.04. The zero-order valence-electron chi connectivity index (χ0n) is 10.0. The van der Waals surface area contributed by atoms with Gasteiger partial charge in [-0.1, -0.05) is 26.0 Å². The van der Waals surface area contributed by atoms with Gasteiger partial charge in [-0.3, -0.25) is 0 Å². The number of fused-ring (bicyclic) bond motifs is 1. The number of hydrogen-bond donors (Lipinski definition) is 1. The van der Waals surface area contributed by atoms with Crippen molar-refractivity contribution < 1.29 is 0 Å². The Balaban J connectivity index is 2.37. The predicted molar refractivity (Wildman–Crippen MR) is 66.7 cm³/mol. The molecule has 0 aromatic heterocycles. The van der Waals surface area contributed by atoms with Crippen molar-refractivity contribution in [2.24, 2.45) is 5.92 Å². The first kappa shape index (κ1) is 10.3. The lowest BCUT2D eigenvalue weighted by molar-refractivity contribution is 0.514. The van der Waals surface area contributed by atoms with Crippen LogP contribution in [0, 0.1) is 12.8 Å². The minimum atomic E-state index is 0.559. The van der Waals surface area contributed by atoms with Crippen molar-refractivity contribution in [3.63, 3.8) is 0 Å². The highest BCUT2D eigenvalue weighted by atomic mass is 15.2. The monoisotopic (exact) mass is 204 g/mol. The zero-order valence-corrected chi connectivity index (χ0v) is 10.0. The van der Waals surface area contributed by atoms with Gasteiger partial charge in [-0.05, 0) is 24.5 Å². The Hall–Kier alpha value is -1.18. The van der Waals surface area contributed by atoms with E-state index in [0.717, 1.165) is 6.54 Å². The van der Waals surface area contributed by atoms with Crippen molar-refractivity contribution in [1.82, 2.24) is 0 Å². The van der Waals surface area contributed by atoms with E-state index < -0.39 is 0 Å². The van der Waals surface area contributed by atoms with E-state index in [4.69, 9.17) is 0 Å². The molecule has 0 saturated heterocycles. The van der Waals surface area contributed by atoms with E-state index in [1.54, 1.807) is 0 Å². The standard InChI is InChI=1S/C13H20N2/c1-9(2)11-8-15(4)12-7-5-6-10(3)13(12)14-11/h5-7,9,11,14H,8H2,1-4H3. The summed E-state index contributed by atoms with van der Waals surface area (Å²) >= 11 is 0. The van der Waals surface area contributed by atoms with Gasteiger partial charge in [-0.15, -0.1) is 0 Å². The Morgan fingerprint density at radius 2 is 2.13 bits per heavy atom. The van der Waals surface area contributed by atoms with Crippen LogP contribution in [-0.2, 0) is 0 Å². The van der Waals surface area contributed by atoms with E-state index in [0.29, 0.717) is 12.0 Å². The number of anilines is 2. The molecule has 82 valence electrons. The topological polar surface area (TPSA) is 15.3 Å². The first-order valence-electron chi connectivity index (χ1n) is 5.67. The third-order valence-electron chi connectivity index (χ3n) is 3.27. The molecule has 1 N–H and O–H groups in total. The summed E-state index contributed by atoms with van der Waals surface area (Å²) in [7, 11) is 2.18. The number of hydrogen-bond acceptors (Lipinski definition) is 2. The molecular weight excluding hydrogens is 184 g/mol. The zero-order chi connectivity index (χ0) is 11.0. The molecule has 2 rings (SSSR count). The van der Waals surface area contributed by atoms with Crippen LogP contribution in [0.5, 0.6) is 0 Å². The quantitative estimate of drug-likeness (QED) is 0.756. The van der Waals surface area contributed by atoms with E-state index >= 15 is 0 Å². The second-order valence-corrected chi connectivity index (χ2v) is 4.84. The minimum Gasteiger partial charge on any atom is -0.378 e. The highest BCUT2D eigenvalue weighted by Gasteiger charge is 2.24. The van der Waals surface area contributed by atoms with Crippen LogP contribution in [-0.4, -0.2) is 19.6 Å². The Morgan fingerprint density at radius 1 is 1.40 bits per heavy atom. The normalized spacial score (nSPS) is 20.1. The number of nitrogens with one attached hydrogen (secondary N) is 1. The average Bonchev–Trinajstić information content (AvgIpc) is 2.19. The van der Waals surface area contributed by atoms with Gasteiger partial charge in [-0.25, -0.2) is 0 Å². The van der Waals surface area contributed by atoms with Gasteiger partial charge in [-0.2, -0.15) is 0 Å². The Kier molecular flexibility index (Phi) is 2.59. The Labute approximate surface area is 92.3 Å². The molecule has 2 heteroatoms. The summed E-state index contributed by atoms with van der Waals surface area (Å²) in [6.45, 7) is 7.81. The molecule has 1 aliphatic rings. The smallest absolute Gasteiger partial charge is 0.0610 e. The van der Waals surface area contributed by atoms with Crippen LogP contribution in [0.4, 0.5) is 11.4 Å². The van der Waals surface area contributed by atoms with Crippen LogP contribution in [0.1, 0.15) is 19.4 Å². The van der Waals surface area contributed by atoms with Gasteiger partial charge < -0.3 is 10.2 Å². The molecule has 0 radical (unpaired) electrons. The average molecular weight is 204 g/mol. The summed E-state index contributed by atoms with van der Waals surface area (Å²) in [4.78, 5) is 2.35. The number of benzene rings is 1. The summed E-state index contributed by atoms with van der Waals surface area (Å²) < 4.78 is 0. The van der Waals surface area contributed by atoms with Gasteiger partial charge in [0.05, 0.1) is 11.4 Å². The first-order valence-corrected chi connectivity index (χ1v) is 5.67. The molecule has 0 bridgehead atoms. The first-order chi connectivity index (χ1) is 7.09. The molecule has 0 amide bonds. The van der Waals surface area contributed by atoms with Crippen LogP contribution < -0.4 is 10.2 Å². The number of rotatable bonds is 1. The number of nitrogens with zero attached hydrogens (tertiary/aromatic N) is 1. The van der Waals surface area contributed by atoms with Crippen molar-refractivity contribution >= 4 is 11.4 Å². The van der Waals surface area contributed by atoms with Gasteiger partial charge in [0.25, 0.3) is 0 Å². The maximum Gasteiger partial charge on any atom is 0.0610 e. The molecule has 0 fully saturated rings. The maximum absolute atomic E-state index is 3.65. The van der Waals surface area contributed by atoms with Gasteiger partial charge >= 0.3 is 0 Å². The van der Waals surface area contributed by atoms with Crippen LogP contribution in [0.3, 0.4) is 0 Å². The Morgan fingerprint density at radius 3 is 2.80 bits per heavy atom. The van der Waals surface area contributed by atoms with Crippen LogP contribution in [0.15, 0.2) is 18.2 Å². The second kappa shape index (κ2) is 3.76. The largest absolute Gasteiger partial charge is 0.378 e. The van der Waals surface area contributed by atoms with Gasteiger partial charge in [0, 0.05) is 19.6 Å². The van der Waals surface area contributed by atoms with Gasteiger partial charge in [0.1, 0.15) is 0 Å². The van der Waals surface area contributed by atoms with E-state index in [1.807, 2.05) is 0 Å². The third kappa shape index (κ3) is 1.81. The lowest BCUT2D eigenvalue weighted by atomic mass is 9.99. The second-order valence-electron chi connectivity index (χ2n) is 4.84. The van der Waals surface area contributed by atoms with Crippen molar-refractivity contribution in [1.29, 1.82) is 0 Å². The van der Waals surface area contributed by atoms with E-state index in [2.05, 4.69) is 56.2 Å². The SMILES string of the molecule is Cc1cccc2c1NC(C(C)C)CN2C. The highest BCUT2D eigenvalue weighted by Crippen LogP contribution is 2.33. The summed E-state index contributed by atoms with van der Waals surface area (Å²) in [5.74, 6) is 0.667.